The van der Waals surface area contributed by atoms with Crippen LogP contribution in [0.4, 0.5) is 0 Å². The highest BCUT2D eigenvalue weighted by Gasteiger charge is 2.19. The summed E-state index contributed by atoms with van der Waals surface area (Å²) < 4.78 is 1.96. The minimum atomic E-state index is 0.123. The van der Waals surface area contributed by atoms with E-state index in [1.165, 1.54) is 4.88 Å². The molecule has 0 amide bonds. The maximum absolute atomic E-state index is 6.20. The van der Waals surface area contributed by atoms with E-state index in [9.17, 15) is 0 Å². The van der Waals surface area contributed by atoms with Gasteiger partial charge in [0.05, 0.1) is 6.04 Å². The van der Waals surface area contributed by atoms with Gasteiger partial charge in [-0.15, -0.1) is 21.5 Å². The smallest absolute Gasteiger partial charge is 0.225 e. The van der Waals surface area contributed by atoms with Gasteiger partial charge in [0.25, 0.3) is 0 Å². The summed E-state index contributed by atoms with van der Waals surface area (Å²) in [5.41, 5.74) is 1.02. The quantitative estimate of drug-likeness (QED) is 0.721. The number of benzene rings is 1. The first-order valence-electron chi connectivity index (χ1n) is 5.96. The van der Waals surface area contributed by atoms with Crippen molar-refractivity contribution in [3.63, 3.8) is 0 Å². The summed E-state index contributed by atoms with van der Waals surface area (Å²) in [5, 5.41) is 10.7. The molecule has 0 N–H and O–H groups in total. The van der Waals surface area contributed by atoms with Crippen LogP contribution in [0.3, 0.4) is 0 Å². The summed E-state index contributed by atoms with van der Waals surface area (Å²) in [6, 6.07) is 14.2. The third-order valence-corrected chi connectivity index (χ3v) is 4.33. The Morgan fingerprint density at radius 1 is 1.11 bits per heavy atom. The molecule has 0 radical (unpaired) electrons. The Kier molecular flexibility index (Phi) is 3.36. The van der Waals surface area contributed by atoms with Crippen molar-refractivity contribution in [2.75, 3.05) is 0 Å². The van der Waals surface area contributed by atoms with Crippen LogP contribution in [-0.2, 0) is 0 Å². The minimum Gasteiger partial charge on any atom is -0.290 e. The first kappa shape index (κ1) is 12.4. The Labute approximate surface area is 120 Å². The number of thiophene rings is 1. The van der Waals surface area contributed by atoms with Crippen molar-refractivity contribution in [3.05, 3.63) is 58.0 Å². The van der Waals surface area contributed by atoms with Crippen LogP contribution in [0.2, 0.25) is 5.28 Å². The third kappa shape index (κ3) is 2.29. The zero-order chi connectivity index (χ0) is 13.2. The van der Waals surface area contributed by atoms with E-state index in [1.807, 2.05) is 41.0 Å². The molecule has 3 aromatic rings. The molecule has 0 saturated carbocycles. The van der Waals surface area contributed by atoms with Gasteiger partial charge in [0.2, 0.25) is 5.28 Å². The molecule has 1 atom stereocenters. The first-order valence-corrected chi connectivity index (χ1v) is 7.22. The number of hydrogen-bond donors (Lipinski definition) is 0. The molecular weight excluding hydrogens is 278 g/mol. The Balaban J connectivity index is 2.09. The van der Waals surface area contributed by atoms with Gasteiger partial charge < -0.3 is 0 Å². The number of aromatic nitrogens is 3. The molecule has 3 rings (SSSR count). The molecule has 0 spiro atoms. The molecule has 1 aromatic carbocycles. The maximum Gasteiger partial charge on any atom is 0.225 e. The van der Waals surface area contributed by atoms with Crippen LogP contribution in [0.5, 0.6) is 0 Å². The maximum atomic E-state index is 6.20. The molecule has 0 aliphatic rings. The second kappa shape index (κ2) is 5.15. The van der Waals surface area contributed by atoms with E-state index >= 15 is 0 Å². The molecule has 0 aliphatic heterocycles. The van der Waals surface area contributed by atoms with Gasteiger partial charge in [-0.25, -0.2) is 0 Å². The molecule has 3 nitrogen and oxygen atoms in total. The summed E-state index contributed by atoms with van der Waals surface area (Å²) in [7, 11) is 0. The monoisotopic (exact) mass is 289 g/mol. The fourth-order valence-corrected chi connectivity index (χ4v) is 3.09. The van der Waals surface area contributed by atoms with Gasteiger partial charge in [-0.05, 0) is 30.0 Å². The van der Waals surface area contributed by atoms with Crippen molar-refractivity contribution in [2.45, 2.75) is 13.0 Å². The van der Waals surface area contributed by atoms with Crippen molar-refractivity contribution in [2.24, 2.45) is 0 Å². The van der Waals surface area contributed by atoms with Crippen molar-refractivity contribution < 1.29 is 0 Å². The van der Waals surface area contributed by atoms with E-state index in [4.69, 9.17) is 11.6 Å². The lowest BCUT2D eigenvalue weighted by atomic mass is 10.2. The SMILES string of the molecule is CC(c1cccs1)n1c(Cl)nnc1-c1ccccc1. The van der Waals surface area contributed by atoms with Gasteiger partial charge in [0.15, 0.2) is 5.82 Å². The van der Waals surface area contributed by atoms with Crippen LogP contribution in [0, 0.1) is 0 Å². The van der Waals surface area contributed by atoms with Crippen LogP contribution < -0.4 is 0 Å². The number of nitrogens with zero attached hydrogens (tertiary/aromatic N) is 3. The fraction of sp³-hybridized carbons (Fsp3) is 0.143. The lowest BCUT2D eigenvalue weighted by Gasteiger charge is -2.15. The second-order valence-electron chi connectivity index (χ2n) is 4.22. The van der Waals surface area contributed by atoms with E-state index < -0.39 is 0 Å². The van der Waals surface area contributed by atoms with Gasteiger partial charge in [-0.3, -0.25) is 4.57 Å². The molecule has 96 valence electrons. The third-order valence-electron chi connectivity index (χ3n) is 3.03. The number of hydrogen-bond acceptors (Lipinski definition) is 3. The first-order chi connectivity index (χ1) is 9.27. The van der Waals surface area contributed by atoms with E-state index in [0.717, 1.165) is 11.4 Å². The molecule has 2 aromatic heterocycles. The summed E-state index contributed by atoms with van der Waals surface area (Å²) >= 11 is 7.91. The van der Waals surface area contributed by atoms with E-state index in [1.54, 1.807) is 11.3 Å². The van der Waals surface area contributed by atoms with Crippen molar-refractivity contribution >= 4 is 22.9 Å². The molecule has 1 unspecified atom stereocenters. The average molecular weight is 290 g/mol. The molecule has 0 fully saturated rings. The Morgan fingerprint density at radius 2 is 1.89 bits per heavy atom. The van der Waals surface area contributed by atoms with Crippen molar-refractivity contribution in [1.29, 1.82) is 0 Å². The van der Waals surface area contributed by atoms with Gasteiger partial charge in [0.1, 0.15) is 0 Å². The summed E-state index contributed by atoms with van der Waals surface area (Å²) in [6.45, 7) is 2.10. The Hall–Kier alpha value is -1.65. The predicted octanol–water partition coefficient (Wildman–Crippen LogP) is 4.27. The summed E-state index contributed by atoms with van der Waals surface area (Å²) in [4.78, 5) is 1.24. The van der Waals surface area contributed by atoms with Gasteiger partial charge >= 0.3 is 0 Å². The predicted molar refractivity (Wildman–Crippen MR) is 78.6 cm³/mol. The zero-order valence-corrected chi connectivity index (χ0v) is 11.9. The van der Waals surface area contributed by atoms with Gasteiger partial charge in [-0.2, -0.15) is 0 Å². The molecule has 5 heteroatoms. The lowest BCUT2D eigenvalue weighted by molar-refractivity contribution is 0.655. The van der Waals surface area contributed by atoms with Crippen LogP contribution in [0.1, 0.15) is 17.8 Å². The molecule has 0 bridgehead atoms. The molecule has 0 saturated heterocycles. The normalized spacial score (nSPS) is 12.5. The Morgan fingerprint density at radius 3 is 2.58 bits per heavy atom. The summed E-state index contributed by atoms with van der Waals surface area (Å²) in [6.07, 6.45) is 0. The number of halogens is 1. The zero-order valence-electron chi connectivity index (χ0n) is 10.3. The van der Waals surface area contributed by atoms with Crippen molar-refractivity contribution in [3.8, 4) is 11.4 Å². The molecule has 0 aliphatic carbocycles. The minimum absolute atomic E-state index is 0.123. The Bertz CT molecular complexity index is 661. The number of rotatable bonds is 3. The van der Waals surface area contributed by atoms with Gasteiger partial charge in [0, 0.05) is 10.4 Å². The fourth-order valence-electron chi connectivity index (χ4n) is 2.06. The molecule has 19 heavy (non-hydrogen) atoms. The average Bonchev–Trinajstić information content (AvgIpc) is 3.08. The standard InChI is InChI=1S/C14H12ClN3S/c1-10(12-8-5-9-19-12)18-13(16-17-14(18)15)11-6-3-2-4-7-11/h2-10H,1H3. The van der Waals surface area contributed by atoms with E-state index in [0.29, 0.717) is 5.28 Å². The highest BCUT2D eigenvalue weighted by atomic mass is 35.5. The lowest BCUT2D eigenvalue weighted by Crippen LogP contribution is -2.07. The van der Waals surface area contributed by atoms with Crippen LogP contribution in [0.25, 0.3) is 11.4 Å². The van der Waals surface area contributed by atoms with E-state index in [2.05, 4.69) is 28.6 Å². The summed E-state index contributed by atoms with van der Waals surface area (Å²) in [5.74, 6) is 0.798. The van der Waals surface area contributed by atoms with Crippen LogP contribution >= 0.6 is 22.9 Å². The second-order valence-corrected chi connectivity index (χ2v) is 5.54. The van der Waals surface area contributed by atoms with Crippen molar-refractivity contribution in [1.82, 2.24) is 14.8 Å². The highest BCUT2D eigenvalue weighted by molar-refractivity contribution is 7.10. The van der Waals surface area contributed by atoms with Gasteiger partial charge in [-0.1, -0.05) is 36.4 Å². The highest BCUT2D eigenvalue weighted by Crippen LogP contribution is 2.30. The van der Waals surface area contributed by atoms with E-state index in [-0.39, 0.29) is 6.04 Å². The largest absolute Gasteiger partial charge is 0.290 e. The topological polar surface area (TPSA) is 30.7 Å². The molecular formula is C14H12ClN3S. The van der Waals surface area contributed by atoms with Crippen LogP contribution in [0.15, 0.2) is 47.8 Å². The van der Waals surface area contributed by atoms with Crippen LogP contribution in [-0.4, -0.2) is 14.8 Å². The molecule has 2 heterocycles.